The summed E-state index contributed by atoms with van der Waals surface area (Å²) < 4.78 is 0. The van der Waals surface area contributed by atoms with E-state index in [9.17, 15) is 34.4 Å². The van der Waals surface area contributed by atoms with Crippen molar-refractivity contribution in [3.8, 4) is 0 Å². The van der Waals surface area contributed by atoms with Crippen LogP contribution >= 0.6 is 11.6 Å². The molecular weight excluding hydrogens is 568 g/mol. The number of aryl methyl sites for hydroxylation is 1. The minimum absolute atomic E-state index is 0.0148. The number of halogens is 1. The molecule has 4 N–H and O–H groups in total. The lowest BCUT2D eigenvalue weighted by molar-refractivity contribution is -0.384. The van der Waals surface area contributed by atoms with Gasteiger partial charge in [-0.1, -0.05) is 41.9 Å². The summed E-state index contributed by atoms with van der Waals surface area (Å²) in [4.78, 5) is 65.1. The molecule has 0 aromatic heterocycles. The Bertz CT molecular complexity index is 1470. The highest BCUT2D eigenvalue weighted by atomic mass is 35.5. The molecule has 0 spiro atoms. The zero-order chi connectivity index (χ0) is 30.4. The Hall–Kier alpha value is -5.17. The van der Waals surface area contributed by atoms with E-state index < -0.39 is 47.5 Å². The van der Waals surface area contributed by atoms with Gasteiger partial charge >= 0.3 is 18.0 Å². The fraction of sp³-hybridized carbons (Fsp3) is 0.214. The zero-order valence-electron chi connectivity index (χ0n) is 22.3. The number of nitro benzene ring substituents is 1. The van der Waals surface area contributed by atoms with Gasteiger partial charge in [0.1, 0.15) is 0 Å². The first kappa shape index (κ1) is 29.8. The lowest BCUT2D eigenvalue weighted by Crippen LogP contribution is -2.56. The molecule has 0 aliphatic carbocycles. The highest BCUT2D eigenvalue weighted by molar-refractivity contribution is 6.30. The van der Waals surface area contributed by atoms with Crippen molar-refractivity contribution in [1.82, 2.24) is 15.1 Å². The number of hydrogen-bond donors (Lipinski definition) is 4. The number of hydrogen-bond acceptors (Lipinski definition) is 6. The second kappa shape index (κ2) is 13.0. The van der Waals surface area contributed by atoms with Crippen LogP contribution in [0.2, 0.25) is 5.02 Å². The van der Waals surface area contributed by atoms with Gasteiger partial charge in [0.2, 0.25) is 0 Å². The Kier molecular flexibility index (Phi) is 9.22. The van der Waals surface area contributed by atoms with Gasteiger partial charge in [0.15, 0.2) is 6.17 Å². The van der Waals surface area contributed by atoms with E-state index in [1.165, 1.54) is 24.3 Å². The normalized spacial score (nSPS) is 15.0. The van der Waals surface area contributed by atoms with Crippen LogP contribution in [-0.4, -0.2) is 63.0 Å². The zero-order valence-corrected chi connectivity index (χ0v) is 23.1. The molecule has 3 aromatic carbocycles. The number of carboxylic acids is 1. The van der Waals surface area contributed by atoms with Crippen LogP contribution in [0.4, 0.5) is 26.7 Å². The molecule has 14 heteroatoms. The molecule has 218 valence electrons. The minimum atomic E-state index is -1.48. The van der Waals surface area contributed by atoms with Crippen LogP contribution in [0, 0.1) is 17.0 Å². The molecule has 0 radical (unpaired) electrons. The first-order valence-corrected chi connectivity index (χ1v) is 13.1. The lowest BCUT2D eigenvalue weighted by atomic mass is 10.0. The van der Waals surface area contributed by atoms with Gasteiger partial charge in [-0.2, -0.15) is 0 Å². The van der Waals surface area contributed by atoms with Gasteiger partial charge in [0.25, 0.3) is 11.6 Å². The van der Waals surface area contributed by atoms with E-state index in [4.69, 9.17) is 11.6 Å². The molecule has 4 rings (SSSR count). The number of carbonyl (C=O) groups is 4. The number of nitrogens with zero attached hydrogens (tertiary/aromatic N) is 3. The Morgan fingerprint density at radius 3 is 2.12 bits per heavy atom. The summed E-state index contributed by atoms with van der Waals surface area (Å²) in [6, 6.07) is 16.0. The van der Waals surface area contributed by atoms with E-state index in [1.54, 1.807) is 36.4 Å². The standard InChI is InChI=1S/C28H27ClN6O7/c1-17-5-2-8-20(13-17)30-27(39)33-11-12-34(28(40)31-21-9-4-7-19(29)15-21)26(33)25(38)32-23(16-24(36)37)18-6-3-10-22(14-18)35(41)42/h2-10,13-15,23,26H,11-12,16H2,1H3,(H,30,39)(H,31,40)(H,32,38)(H,36,37). The Balaban J connectivity index is 1.64. The summed E-state index contributed by atoms with van der Waals surface area (Å²) in [5.74, 6) is -2.13. The summed E-state index contributed by atoms with van der Waals surface area (Å²) in [5.41, 5.74) is 1.60. The average molecular weight is 595 g/mol. The average Bonchev–Trinajstić information content (AvgIpc) is 3.38. The molecule has 1 aliphatic rings. The number of benzene rings is 3. The van der Waals surface area contributed by atoms with Gasteiger partial charge in [-0.15, -0.1) is 0 Å². The maximum absolute atomic E-state index is 13.8. The van der Waals surface area contributed by atoms with Crippen LogP contribution in [0.5, 0.6) is 0 Å². The van der Waals surface area contributed by atoms with E-state index in [1.807, 2.05) is 13.0 Å². The smallest absolute Gasteiger partial charge is 0.323 e. The molecule has 42 heavy (non-hydrogen) atoms. The Labute approximate surface area is 245 Å². The molecule has 2 atom stereocenters. The van der Waals surface area contributed by atoms with Crippen molar-refractivity contribution in [2.24, 2.45) is 0 Å². The molecule has 1 aliphatic heterocycles. The van der Waals surface area contributed by atoms with Crippen LogP contribution in [0.15, 0.2) is 72.8 Å². The van der Waals surface area contributed by atoms with Crippen molar-refractivity contribution in [2.75, 3.05) is 23.7 Å². The van der Waals surface area contributed by atoms with Crippen LogP contribution in [0.1, 0.15) is 23.6 Å². The molecule has 1 saturated heterocycles. The van der Waals surface area contributed by atoms with Crippen LogP contribution < -0.4 is 16.0 Å². The van der Waals surface area contributed by atoms with Crippen LogP contribution in [0.3, 0.4) is 0 Å². The molecule has 13 nitrogen and oxygen atoms in total. The fourth-order valence-corrected chi connectivity index (χ4v) is 4.73. The van der Waals surface area contributed by atoms with Crippen LogP contribution in [-0.2, 0) is 9.59 Å². The maximum Gasteiger partial charge on any atom is 0.323 e. The number of rotatable bonds is 8. The van der Waals surface area contributed by atoms with Gasteiger partial charge in [-0.3, -0.25) is 29.5 Å². The molecule has 1 fully saturated rings. The molecule has 1 heterocycles. The maximum atomic E-state index is 13.8. The molecule has 2 unspecified atom stereocenters. The van der Waals surface area contributed by atoms with E-state index in [0.29, 0.717) is 16.4 Å². The first-order valence-electron chi connectivity index (χ1n) is 12.8. The van der Waals surface area contributed by atoms with E-state index in [-0.39, 0.29) is 24.3 Å². The summed E-state index contributed by atoms with van der Waals surface area (Å²) in [6.07, 6.45) is -2.09. The quantitative estimate of drug-likeness (QED) is 0.218. The minimum Gasteiger partial charge on any atom is -0.481 e. The Morgan fingerprint density at radius 1 is 0.952 bits per heavy atom. The number of aliphatic carboxylic acids is 1. The number of anilines is 2. The summed E-state index contributed by atoms with van der Waals surface area (Å²) in [6.45, 7) is 1.81. The van der Waals surface area contributed by atoms with Crippen molar-refractivity contribution >= 4 is 52.6 Å². The fourth-order valence-electron chi connectivity index (χ4n) is 4.54. The van der Waals surface area contributed by atoms with Gasteiger partial charge in [-0.25, -0.2) is 9.59 Å². The van der Waals surface area contributed by atoms with Gasteiger partial charge in [-0.05, 0) is 48.4 Å². The van der Waals surface area contributed by atoms with Crippen molar-refractivity contribution in [3.05, 3.63) is 99.1 Å². The predicted molar refractivity (Wildman–Crippen MR) is 154 cm³/mol. The monoisotopic (exact) mass is 594 g/mol. The highest BCUT2D eigenvalue weighted by Gasteiger charge is 2.43. The third-order valence-electron chi connectivity index (χ3n) is 6.45. The van der Waals surface area contributed by atoms with E-state index in [0.717, 1.165) is 21.4 Å². The number of amides is 5. The second-order valence-electron chi connectivity index (χ2n) is 9.51. The topological polar surface area (TPSA) is 174 Å². The molecule has 0 bridgehead atoms. The second-order valence-corrected chi connectivity index (χ2v) is 9.95. The number of urea groups is 2. The van der Waals surface area contributed by atoms with Crippen molar-refractivity contribution in [3.63, 3.8) is 0 Å². The van der Waals surface area contributed by atoms with Crippen LogP contribution in [0.25, 0.3) is 0 Å². The molecule has 5 amide bonds. The van der Waals surface area contributed by atoms with Crippen molar-refractivity contribution in [1.29, 1.82) is 0 Å². The molecular formula is C28H27ClN6O7. The van der Waals surface area contributed by atoms with E-state index >= 15 is 0 Å². The van der Waals surface area contributed by atoms with Gasteiger partial charge in [0.05, 0.1) is 17.4 Å². The van der Waals surface area contributed by atoms with E-state index in [2.05, 4.69) is 16.0 Å². The third kappa shape index (κ3) is 7.31. The number of carboxylic acid groups (broad SMARTS) is 1. The van der Waals surface area contributed by atoms with Crippen molar-refractivity contribution < 1.29 is 29.2 Å². The molecule has 3 aromatic rings. The predicted octanol–water partition coefficient (Wildman–Crippen LogP) is 4.60. The van der Waals surface area contributed by atoms with Gasteiger partial charge < -0.3 is 21.1 Å². The summed E-state index contributed by atoms with van der Waals surface area (Å²) in [5, 5.41) is 29.1. The van der Waals surface area contributed by atoms with Gasteiger partial charge in [0, 0.05) is 41.6 Å². The number of nitrogens with one attached hydrogen (secondary N) is 3. The largest absolute Gasteiger partial charge is 0.481 e. The number of carbonyl (C=O) groups excluding carboxylic acids is 3. The summed E-state index contributed by atoms with van der Waals surface area (Å²) >= 11 is 6.03. The summed E-state index contributed by atoms with van der Waals surface area (Å²) in [7, 11) is 0. The first-order chi connectivity index (χ1) is 20.0. The third-order valence-corrected chi connectivity index (χ3v) is 6.69. The van der Waals surface area contributed by atoms with Crippen molar-refractivity contribution in [2.45, 2.75) is 25.6 Å². The number of non-ortho nitro benzene ring substituents is 1. The SMILES string of the molecule is Cc1cccc(NC(=O)N2CCN(C(=O)Nc3cccc(Cl)c3)C2C(=O)NC(CC(=O)O)c2cccc([N+](=O)[O-])c2)c1. The number of nitro groups is 1. The Morgan fingerprint density at radius 2 is 1.55 bits per heavy atom. The molecule has 0 saturated carbocycles. The highest BCUT2D eigenvalue weighted by Crippen LogP contribution is 2.25. The lowest BCUT2D eigenvalue weighted by Gasteiger charge is -2.31.